The molecule has 0 radical (unpaired) electrons. The topological polar surface area (TPSA) is 29.5 Å². The van der Waals surface area contributed by atoms with Crippen molar-refractivity contribution in [2.45, 2.75) is 6.54 Å². The maximum atomic E-state index is 12.4. The van der Waals surface area contributed by atoms with Gasteiger partial charge < -0.3 is 9.64 Å². The van der Waals surface area contributed by atoms with Gasteiger partial charge in [-0.2, -0.15) is 0 Å². The highest BCUT2D eigenvalue weighted by atomic mass is 16.5. The van der Waals surface area contributed by atoms with E-state index in [0.717, 1.165) is 16.3 Å². The van der Waals surface area contributed by atoms with E-state index >= 15 is 0 Å². The number of carbonyl (C=O) groups excluding carboxylic acids is 1. The van der Waals surface area contributed by atoms with Gasteiger partial charge in [0.1, 0.15) is 5.75 Å². The van der Waals surface area contributed by atoms with Crippen molar-refractivity contribution in [2.75, 3.05) is 14.1 Å². The SMILES string of the molecule is CN(C)Cc1c(OC(=O)c2ccccc2)ccc2ccccc12. The molecule has 0 saturated heterocycles. The molecule has 0 atom stereocenters. The fourth-order valence-electron chi connectivity index (χ4n) is 2.62. The fourth-order valence-corrected chi connectivity index (χ4v) is 2.62. The van der Waals surface area contributed by atoms with Crippen LogP contribution in [0.1, 0.15) is 15.9 Å². The van der Waals surface area contributed by atoms with Crippen molar-refractivity contribution in [2.24, 2.45) is 0 Å². The Balaban J connectivity index is 2.01. The monoisotopic (exact) mass is 305 g/mol. The molecule has 0 fully saturated rings. The van der Waals surface area contributed by atoms with Crippen LogP contribution in [-0.2, 0) is 6.54 Å². The van der Waals surface area contributed by atoms with Gasteiger partial charge in [-0.1, -0.05) is 48.5 Å². The average Bonchev–Trinajstić information content (AvgIpc) is 2.57. The Morgan fingerprint density at radius 2 is 1.61 bits per heavy atom. The van der Waals surface area contributed by atoms with Crippen LogP contribution in [0.3, 0.4) is 0 Å². The number of hydrogen-bond donors (Lipinski definition) is 0. The van der Waals surface area contributed by atoms with Crippen molar-refractivity contribution in [3.63, 3.8) is 0 Å². The van der Waals surface area contributed by atoms with Crippen LogP contribution in [0.2, 0.25) is 0 Å². The van der Waals surface area contributed by atoms with Crippen molar-refractivity contribution in [1.29, 1.82) is 0 Å². The summed E-state index contributed by atoms with van der Waals surface area (Å²) in [6, 6.07) is 21.1. The molecule has 0 amide bonds. The minimum atomic E-state index is -0.333. The van der Waals surface area contributed by atoms with Crippen molar-refractivity contribution < 1.29 is 9.53 Å². The normalized spacial score (nSPS) is 10.9. The molecule has 0 heterocycles. The molecular weight excluding hydrogens is 286 g/mol. The van der Waals surface area contributed by atoms with Crippen LogP contribution in [0.15, 0.2) is 66.7 Å². The van der Waals surface area contributed by atoms with E-state index in [1.54, 1.807) is 12.1 Å². The predicted octanol–water partition coefficient (Wildman–Crippen LogP) is 4.12. The Morgan fingerprint density at radius 3 is 2.35 bits per heavy atom. The predicted molar refractivity (Wildman–Crippen MR) is 92.7 cm³/mol. The first-order valence-corrected chi connectivity index (χ1v) is 7.58. The van der Waals surface area contributed by atoms with Gasteiger partial charge in [0.2, 0.25) is 0 Å². The standard InChI is InChI=1S/C20H19NO2/c1-21(2)14-18-17-11-7-6-8-15(17)12-13-19(18)23-20(22)16-9-4-3-5-10-16/h3-13H,14H2,1-2H3. The smallest absolute Gasteiger partial charge is 0.343 e. The van der Waals surface area contributed by atoms with Gasteiger partial charge in [0.05, 0.1) is 5.56 Å². The molecule has 3 nitrogen and oxygen atoms in total. The van der Waals surface area contributed by atoms with Crippen LogP contribution in [0.4, 0.5) is 0 Å². The molecule has 116 valence electrons. The number of hydrogen-bond acceptors (Lipinski definition) is 3. The van der Waals surface area contributed by atoms with E-state index in [1.807, 2.05) is 56.6 Å². The van der Waals surface area contributed by atoms with Crippen molar-refractivity contribution in [1.82, 2.24) is 4.90 Å². The summed E-state index contributed by atoms with van der Waals surface area (Å²) in [5, 5.41) is 2.25. The third-order valence-corrected chi connectivity index (χ3v) is 3.68. The van der Waals surface area contributed by atoms with Gasteiger partial charge in [0, 0.05) is 12.1 Å². The van der Waals surface area contributed by atoms with Gasteiger partial charge in [0.25, 0.3) is 0 Å². The Bertz CT molecular complexity index is 825. The molecule has 0 aliphatic heterocycles. The second kappa shape index (κ2) is 6.63. The van der Waals surface area contributed by atoms with E-state index in [1.165, 1.54) is 0 Å². The highest BCUT2D eigenvalue weighted by Crippen LogP contribution is 2.29. The second-order valence-corrected chi connectivity index (χ2v) is 5.76. The number of rotatable bonds is 4. The molecule has 0 N–H and O–H groups in total. The van der Waals surface area contributed by atoms with Crippen LogP contribution in [-0.4, -0.2) is 25.0 Å². The van der Waals surface area contributed by atoms with E-state index in [4.69, 9.17) is 4.74 Å². The first kappa shape index (κ1) is 15.3. The van der Waals surface area contributed by atoms with Gasteiger partial charge in [-0.05, 0) is 43.1 Å². The third kappa shape index (κ3) is 3.41. The fraction of sp³-hybridized carbons (Fsp3) is 0.150. The maximum absolute atomic E-state index is 12.4. The number of ether oxygens (including phenoxy) is 1. The van der Waals surface area contributed by atoms with Gasteiger partial charge >= 0.3 is 5.97 Å². The lowest BCUT2D eigenvalue weighted by molar-refractivity contribution is 0.0732. The summed E-state index contributed by atoms with van der Waals surface area (Å²) >= 11 is 0. The zero-order valence-corrected chi connectivity index (χ0v) is 13.3. The Kier molecular flexibility index (Phi) is 4.40. The lowest BCUT2D eigenvalue weighted by atomic mass is 10.0. The molecule has 3 aromatic carbocycles. The van der Waals surface area contributed by atoms with Crippen LogP contribution in [0.25, 0.3) is 10.8 Å². The highest BCUT2D eigenvalue weighted by Gasteiger charge is 2.14. The molecule has 3 rings (SSSR count). The van der Waals surface area contributed by atoms with Crippen LogP contribution in [0, 0.1) is 0 Å². The summed E-state index contributed by atoms with van der Waals surface area (Å²) in [5.74, 6) is 0.284. The van der Waals surface area contributed by atoms with Crippen molar-refractivity contribution in [3.05, 3.63) is 77.9 Å². The van der Waals surface area contributed by atoms with E-state index < -0.39 is 0 Å². The molecule has 0 aromatic heterocycles. The largest absolute Gasteiger partial charge is 0.423 e. The summed E-state index contributed by atoms with van der Waals surface area (Å²) < 4.78 is 5.67. The molecular formula is C20H19NO2. The second-order valence-electron chi connectivity index (χ2n) is 5.76. The molecule has 23 heavy (non-hydrogen) atoms. The van der Waals surface area contributed by atoms with Crippen LogP contribution < -0.4 is 4.74 Å². The molecule has 3 aromatic rings. The van der Waals surface area contributed by atoms with Gasteiger partial charge in [-0.3, -0.25) is 0 Å². The Morgan fingerprint density at radius 1 is 0.913 bits per heavy atom. The van der Waals surface area contributed by atoms with Gasteiger partial charge in [0.15, 0.2) is 0 Å². The number of benzene rings is 3. The minimum absolute atomic E-state index is 0.333. The molecule has 0 aliphatic carbocycles. The third-order valence-electron chi connectivity index (χ3n) is 3.68. The summed E-state index contributed by atoms with van der Waals surface area (Å²) in [6.07, 6.45) is 0. The highest BCUT2D eigenvalue weighted by molar-refractivity contribution is 5.93. The molecule has 0 aliphatic rings. The first-order valence-electron chi connectivity index (χ1n) is 7.58. The van der Waals surface area contributed by atoms with Crippen LogP contribution >= 0.6 is 0 Å². The van der Waals surface area contributed by atoms with Crippen LogP contribution in [0.5, 0.6) is 5.75 Å². The number of esters is 1. The Hall–Kier alpha value is -2.65. The number of carbonyl (C=O) groups is 1. The van der Waals surface area contributed by atoms with Crippen molar-refractivity contribution in [3.8, 4) is 5.75 Å². The molecule has 0 bridgehead atoms. The zero-order valence-electron chi connectivity index (χ0n) is 13.3. The Labute approximate surface area is 136 Å². The summed E-state index contributed by atoms with van der Waals surface area (Å²) in [6.45, 7) is 0.707. The number of fused-ring (bicyclic) bond motifs is 1. The lowest BCUT2D eigenvalue weighted by Gasteiger charge is -2.16. The molecule has 0 unspecified atom stereocenters. The molecule has 0 spiro atoms. The van der Waals surface area contributed by atoms with E-state index in [-0.39, 0.29) is 5.97 Å². The summed E-state index contributed by atoms with van der Waals surface area (Å²) in [5.41, 5.74) is 1.58. The first-order chi connectivity index (χ1) is 11.1. The van der Waals surface area contributed by atoms with Gasteiger partial charge in [-0.25, -0.2) is 4.79 Å². The maximum Gasteiger partial charge on any atom is 0.343 e. The summed E-state index contributed by atoms with van der Waals surface area (Å²) in [4.78, 5) is 14.4. The average molecular weight is 305 g/mol. The number of nitrogens with zero attached hydrogens (tertiary/aromatic N) is 1. The van der Waals surface area contributed by atoms with E-state index in [0.29, 0.717) is 17.9 Å². The summed E-state index contributed by atoms with van der Waals surface area (Å²) in [7, 11) is 4.01. The minimum Gasteiger partial charge on any atom is -0.423 e. The van der Waals surface area contributed by atoms with E-state index in [9.17, 15) is 4.79 Å². The van der Waals surface area contributed by atoms with Gasteiger partial charge in [-0.15, -0.1) is 0 Å². The quantitative estimate of drug-likeness (QED) is 0.536. The lowest BCUT2D eigenvalue weighted by Crippen LogP contribution is -2.15. The van der Waals surface area contributed by atoms with Crippen molar-refractivity contribution >= 4 is 16.7 Å². The molecule has 3 heteroatoms. The van der Waals surface area contributed by atoms with E-state index in [2.05, 4.69) is 17.0 Å². The molecule has 0 saturated carbocycles. The zero-order chi connectivity index (χ0) is 16.2.